The maximum Gasteiger partial charge on any atom is 0.336 e. The van der Waals surface area contributed by atoms with Crippen LogP contribution in [0.2, 0.25) is 0 Å². The highest BCUT2D eigenvalue weighted by Gasteiger charge is 2.35. The molecule has 146 valence electrons. The number of amides is 2. The number of carbonyl (C=O) groups is 2. The first-order chi connectivity index (χ1) is 13.9. The Balaban J connectivity index is 1.65. The average molecular weight is 407 g/mol. The van der Waals surface area contributed by atoms with Crippen molar-refractivity contribution in [3.8, 4) is 5.75 Å². The van der Waals surface area contributed by atoms with E-state index >= 15 is 0 Å². The second-order valence-corrected chi connectivity index (χ2v) is 7.62. The van der Waals surface area contributed by atoms with Crippen LogP contribution in [0, 0.1) is 6.92 Å². The van der Waals surface area contributed by atoms with Crippen LogP contribution >= 0.6 is 11.8 Å². The van der Waals surface area contributed by atoms with Crippen LogP contribution in [0.15, 0.2) is 62.6 Å². The van der Waals surface area contributed by atoms with Crippen molar-refractivity contribution in [1.82, 2.24) is 4.90 Å². The third kappa shape index (κ3) is 3.82. The molecule has 0 aliphatic carbocycles. The Morgan fingerprint density at radius 2 is 1.83 bits per heavy atom. The van der Waals surface area contributed by atoms with Gasteiger partial charge in [-0.25, -0.2) is 4.79 Å². The second-order valence-electron chi connectivity index (χ2n) is 6.63. The number of methoxy groups -OCH3 is 1. The normalized spacial score (nSPS) is 15.5. The number of rotatable bonds is 4. The van der Waals surface area contributed by atoms with Crippen molar-refractivity contribution in [2.24, 2.45) is 0 Å². The lowest BCUT2D eigenvalue weighted by Gasteiger charge is -2.14. The van der Waals surface area contributed by atoms with Crippen molar-refractivity contribution in [2.45, 2.75) is 13.5 Å². The number of carbonyl (C=O) groups excluding carboxylic acids is 2. The number of hydrogen-bond donors (Lipinski definition) is 0. The average Bonchev–Trinajstić information content (AvgIpc) is 2.96. The molecule has 2 heterocycles. The molecule has 0 unspecified atom stereocenters. The quantitative estimate of drug-likeness (QED) is 0.473. The Morgan fingerprint density at radius 1 is 1.07 bits per heavy atom. The summed E-state index contributed by atoms with van der Waals surface area (Å²) in [5.74, 6) is 0.324. The SMILES string of the molecule is COc1ccc(/C=C2\SC(=O)N(Cc3cc(=O)oc4ccc(C)cc34)C2=O)cc1. The number of fused-ring (bicyclic) bond motifs is 1. The Morgan fingerprint density at radius 3 is 2.55 bits per heavy atom. The van der Waals surface area contributed by atoms with Gasteiger partial charge in [0.25, 0.3) is 11.1 Å². The van der Waals surface area contributed by atoms with Gasteiger partial charge in [-0.15, -0.1) is 0 Å². The van der Waals surface area contributed by atoms with Gasteiger partial charge in [-0.05, 0) is 60.2 Å². The van der Waals surface area contributed by atoms with E-state index in [0.717, 1.165) is 27.8 Å². The lowest BCUT2D eigenvalue weighted by molar-refractivity contribution is -0.123. The Kier molecular flexibility index (Phi) is 4.98. The summed E-state index contributed by atoms with van der Waals surface area (Å²) >= 11 is 0.884. The lowest BCUT2D eigenvalue weighted by atomic mass is 10.1. The van der Waals surface area contributed by atoms with Crippen LogP contribution in [0.25, 0.3) is 17.0 Å². The van der Waals surface area contributed by atoms with E-state index in [-0.39, 0.29) is 17.7 Å². The van der Waals surface area contributed by atoms with E-state index in [0.29, 0.717) is 27.2 Å². The molecule has 0 N–H and O–H groups in total. The zero-order chi connectivity index (χ0) is 20.5. The van der Waals surface area contributed by atoms with Crippen molar-refractivity contribution in [3.05, 3.63) is 80.5 Å². The summed E-state index contributed by atoms with van der Waals surface area (Å²) in [5.41, 5.74) is 2.27. The van der Waals surface area contributed by atoms with Gasteiger partial charge < -0.3 is 9.15 Å². The van der Waals surface area contributed by atoms with Crippen LogP contribution in [0.3, 0.4) is 0 Å². The summed E-state index contributed by atoms with van der Waals surface area (Å²) in [4.78, 5) is 38.7. The van der Waals surface area contributed by atoms with Gasteiger partial charge in [-0.3, -0.25) is 14.5 Å². The maximum atomic E-state index is 12.8. The molecule has 1 aliphatic rings. The smallest absolute Gasteiger partial charge is 0.336 e. The number of aryl methyl sites for hydroxylation is 1. The molecular formula is C22H17NO5S. The van der Waals surface area contributed by atoms with Crippen LogP contribution in [-0.2, 0) is 11.3 Å². The van der Waals surface area contributed by atoms with Crippen LogP contribution < -0.4 is 10.4 Å². The monoisotopic (exact) mass is 407 g/mol. The minimum atomic E-state index is -0.517. The zero-order valence-corrected chi connectivity index (χ0v) is 16.6. The van der Waals surface area contributed by atoms with Gasteiger partial charge >= 0.3 is 5.63 Å². The molecule has 0 radical (unpaired) electrons. The molecule has 1 saturated heterocycles. The highest BCUT2D eigenvalue weighted by Crippen LogP contribution is 2.34. The van der Waals surface area contributed by atoms with E-state index in [1.165, 1.54) is 6.07 Å². The lowest BCUT2D eigenvalue weighted by Crippen LogP contribution is -2.28. The zero-order valence-electron chi connectivity index (χ0n) is 15.8. The summed E-state index contributed by atoms with van der Waals surface area (Å²) in [7, 11) is 1.58. The number of imide groups is 1. The molecule has 0 atom stereocenters. The van der Waals surface area contributed by atoms with Crippen molar-refractivity contribution in [3.63, 3.8) is 0 Å². The van der Waals surface area contributed by atoms with Crippen LogP contribution in [0.4, 0.5) is 4.79 Å². The van der Waals surface area contributed by atoms with Crippen LogP contribution in [-0.4, -0.2) is 23.2 Å². The first kappa shape index (κ1) is 19.0. The van der Waals surface area contributed by atoms with E-state index in [2.05, 4.69) is 0 Å². The molecule has 1 fully saturated rings. The Bertz CT molecular complexity index is 1210. The van der Waals surface area contributed by atoms with Crippen molar-refractivity contribution >= 4 is 40.0 Å². The topological polar surface area (TPSA) is 76.8 Å². The van der Waals surface area contributed by atoms with E-state index in [9.17, 15) is 14.4 Å². The highest BCUT2D eigenvalue weighted by molar-refractivity contribution is 8.18. The molecular weight excluding hydrogens is 390 g/mol. The van der Waals surface area contributed by atoms with E-state index in [4.69, 9.17) is 9.15 Å². The molecule has 0 spiro atoms. The van der Waals surface area contributed by atoms with E-state index < -0.39 is 5.63 Å². The fourth-order valence-corrected chi connectivity index (χ4v) is 3.97. The summed E-state index contributed by atoms with van der Waals surface area (Å²) in [5, 5.41) is 0.339. The Hall–Kier alpha value is -3.32. The fraction of sp³-hybridized carbons (Fsp3) is 0.136. The van der Waals surface area contributed by atoms with Gasteiger partial charge in [0.15, 0.2) is 0 Å². The van der Waals surface area contributed by atoms with Crippen LogP contribution in [0.1, 0.15) is 16.7 Å². The second kappa shape index (κ2) is 7.60. The fourth-order valence-electron chi connectivity index (χ4n) is 3.13. The summed E-state index contributed by atoms with van der Waals surface area (Å²) in [6, 6.07) is 14.0. The number of thioether (sulfide) groups is 1. The summed E-state index contributed by atoms with van der Waals surface area (Å²) in [6.45, 7) is 1.93. The molecule has 7 heteroatoms. The third-order valence-corrected chi connectivity index (χ3v) is 5.51. The summed E-state index contributed by atoms with van der Waals surface area (Å²) < 4.78 is 10.3. The molecule has 4 rings (SSSR count). The van der Waals surface area contributed by atoms with Gasteiger partial charge in [0.1, 0.15) is 11.3 Å². The molecule has 2 aromatic carbocycles. The molecule has 3 aromatic rings. The molecule has 0 bridgehead atoms. The molecule has 29 heavy (non-hydrogen) atoms. The predicted molar refractivity (Wildman–Crippen MR) is 112 cm³/mol. The molecule has 1 aliphatic heterocycles. The van der Waals surface area contributed by atoms with E-state index in [1.54, 1.807) is 31.4 Å². The third-order valence-electron chi connectivity index (χ3n) is 4.60. The minimum Gasteiger partial charge on any atom is -0.497 e. The van der Waals surface area contributed by atoms with Gasteiger partial charge in [0, 0.05) is 11.5 Å². The first-order valence-corrected chi connectivity index (χ1v) is 9.69. The van der Waals surface area contributed by atoms with Crippen molar-refractivity contribution in [2.75, 3.05) is 7.11 Å². The number of ether oxygens (including phenoxy) is 1. The molecule has 2 amide bonds. The summed E-state index contributed by atoms with van der Waals surface area (Å²) in [6.07, 6.45) is 1.67. The largest absolute Gasteiger partial charge is 0.497 e. The highest BCUT2D eigenvalue weighted by atomic mass is 32.2. The van der Waals surface area contributed by atoms with Gasteiger partial charge in [0.2, 0.25) is 0 Å². The minimum absolute atomic E-state index is 0.0101. The number of hydrogen-bond acceptors (Lipinski definition) is 6. The van der Waals surface area contributed by atoms with Gasteiger partial charge in [-0.1, -0.05) is 23.8 Å². The Labute approximate surface area is 170 Å². The van der Waals surface area contributed by atoms with Crippen molar-refractivity contribution < 1.29 is 18.7 Å². The molecule has 6 nitrogen and oxygen atoms in total. The van der Waals surface area contributed by atoms with E-state index in [1.807, 2.05) is 31.2 Å². The standard InChI is InChI=1S/C22H17NO5S/c1-13-3-8-18-17(9-13)15(11-20(24)28-18)12-23-21(25)19(29-22(23)26)10-14-4-6-16(27-2)7-5-14/h3-11H,12H2,1-2H3/b19-10-. The van der Waals surface area contributed by atoms with Crippen molar-refractivity contribution in [1.29, 1.82) is 0 Å². The maximum absolute atomic E-state index is 12.8. The van der Waals surface area contributed by atoms with Crippen LogP contribution in [0.5, 0.6) is 5.75 Å². The number of benzene rings is 2. The first-order valence-electron chi connectivity index (χ1n) is 8.87. The molecule has 0 saturated carbocycles. The molecule has 1 aromatic heterocycles. The predicted octanol–water partition coefficient (Wildman–Crippen LogP) is 4.35. The number of nitrogens with zero attached hydrogens (tertiary/aromatic N) is 1. The van der Waals surface area contributed by atoms with Gasteiger partial charge in [-0.2, -0.15) is 0 Å². The van der Waals surface area contributed by atoms with Gasteiger partial charge in [0.05, 0.1) is 18.6 Å².